The van der Waals surface area contributed by atoms with Crippen LogP contribution in [0.15, 0.2) is 0 Å². The Morgan fingerprint density at radius 2 is 1.95 bits per heavy atom. The van der Waals surface area contributed by atoms with Crippen molar-refractivity contribution in [1.82, 2.24) is 0 Å². The second kappa shape index (κ2) is 5.40. The van der Waals surface area contributed by atoms with Crippen LogP contribution in [0.1, 0.15) is 73.5 Å². The summed E-state index contributed by atoms with van der Waals surface area (Å²) in [5, 5.41) is 4.80. The van der Waals surface area contributed by atoms with Crippen LogP contribution in [0, 0.1) is 5.92 Å². The highest BCUT2D eigenvalue weighted by Gasteiger charge is 2.37. The largest absolute Gasteiger partial charge is 0.397 e. The quantitative estimate of drug-likeness (QED) is 0.732. The van der Waals surface area contributed by atoms with Gasteiger partial charge in [0.1, 0.15) is 0 Å². The Kier molecular flexibility index (Phi) is 3.76. The molecule has 20 heavy (non-hydrogen) atoms. The number of hydrogen-bond acceptors (Lipinski definition) is 4. The van der Waals surface area contributed by atoms with Crippen molar-refractivity contribution in [3.05, 3.63) is 10.4 Å². The predicted octanol–water partition coefficient (Wildman–Crippen LogP) is 4.40. The Bertz CT molecular complexity index is 511. The number of anilines is 2. The molecular formula is C16H24N2OS. The monoisotopic (exact) mass is 292 g/mol. The molecule has 110 valence electrons. The molecule has 0 unspecified atom stereocenters. The Hall–Kier alpha value is -1.03. The fourth-order valence-corrected chi connectivity index (χ4v) is 4.04. The third-order valence-corrected chi connectivity index (χ3v) is 5.63. The van der Waals surface area contributed by atoms with Gasteiger partial charge in [0.2, 0.25) is 0 Å². The minimum atomic E-state index is 0.254. The molecule has 2 fully saturated rings. The predicted molar refractivity (Wildman–Crippen MR) is 85.8 cm³/mol. The Morgan fingerprint density at radius 3 is 2.45 bits per heavy atom. The minimum absolute atomic E-state index is 0.254. The normalized spacial score (nSPS) is 18.6. The fourth-order valence-electron chi connectivity index (χ4n) is 2.73. The standard InChI is InChI=1S/C16H24N2OS/c1-3-11(4-2)18-16-12(9-5-6-9)13(17)15(20-16)14(19)10-7-8-10/h9-11,18H,3-8,17H2,1-2H3. The van der Waals surface area contributed by atoms with E-state index in [9.17, 15) is 4.79 Å². The van der Waals surface area contributed by atoms with Crippen LogP contribution in [0.2, 0.25) is 0 Å². The first-order valence-electron chi connectivity index (χ1n) is 7.88. The summed E-state index contributed by atoms with van der Waals surface area (Å²) < 4.78 is 0. The van der Waals surface area contributed by atoms with Crippen molar-refractivity contribution >= 4 is 27.8 Å². The fraction of sp³-hybridized carbons (Fsp3) is 0.688. The molecule has 0 saturated heterocycles. The highest BCUT2D eigenvalue weighted by molar-refractivity contribution is 7.19. The van der Waals surface area contributed by atoms with Crippen LogP contribution in [-0.4, -0.2) is 11.8 Å². The molecule has 3 nitrogen and oxygen atoms in total. The number of thiophene rings is 1. The molecule has 0 radical (unpaired) electrons. The number of nitrogens with two attached hydrogens (primary N) is 1. The maximum absolute atomic E-state index is 12.4. The number of nitrogen functional groups attached to an aromatic ring is 1. The lowest BCUT2D eigenvalue weighted by Crippen LogP contribution is -2.16. The van der Waals surface area contributed by atoms with Crippen LogP contribution in [0.25, 0.3) is 0 Å². The number of rotatable bonds is 7. The van der Waals surface area contributed by atoms with E-state index in [-0.39, 0.29) is 11.7 Å². The first-order chi connectivity index (χ1) is 9.65. The van der Waals surface area contributed by atoms with Crippen LogP contribution in [0.5, 0.6) is 0 Å². The van der Waals surface area contributed by atoms with E-state index in [1.807, 2.05) is 0 Å². The average molecular weight is 292 g/mol. The lowest BCUT2D eigenvalue weighted by atomic mass is 10.1. The summed E-state index contributed by atoms with van der Waals surface area (Å²) >= 11 is 1.60. The SMILES string of the molecule is CCC(CC)Nc1sc(C(=O)C2CC2)c(N)c1C1CC1. The van der Waals surface area contributed by atoms with E-state index < -0.39 is 0 Å². The van der Waals surface area contributed by atoms with Crippen molar-refractivity contribution in [3.63, 3.8) is 0 Å². The van der Waals surface area contributed by atoms with Gasteiger partial charge in [0.15, 0.2) is 5.78 Å². The maximum Gasteiger partial charge on any atom is 0.178 e. The molecular weight excluding hydrogens is 268 g/mol. The number of Topliss-reactive ketones (excluding diaryl/α,β-unsaturated/α-hetero) is 1. The smallest absolute Gasteiger partial charge is 0.178 e. The Balaban J connectivity index is 1.91. The molecule has 4 heteroatoms. The average Bonchev–Trinajstić information content (AvgIpc) is 3.33. The zero-order valence-electron chi connectivity index (χ0n) is 12.4. The van der Waals surface area contributed by atoms with Crippen LogP contribution >= 0.6 is 11.3 Å². The molecule has 0 aromatic carbocycles. The van der Waals surface area contributed by atoms with E-state index in [2.05, 4.69) is 19.2 Å². The molecule has 1 heterocycles. The van der Waals surface area contributed by atoms with E-state index in [1.54, 1.807) is 11.3 Å². The van der Waals surface area contributed by atoms with E-state index in [1.165, 1.54) is 23.4 Å². The van der Waals surface area contributed by atoms with Crippen LogP contribution < -0.4 is 11.1 Å². The van der Waals surface area contributed by atoms with E-state index >= 15 is 0 Å². The Labute approximate surface area is 124 Å². The molecule has 3 N–H and O–H groups in total. The second-order valence-electron chi connectivity index (χ2n) is 6.16. The van der Waals surface area contributed by atoms with Gasteiger partial charge in [0, 0.05) is 17.5 Å². The van der Waals surface area contributed by atoms with Gasteiger partial charge in [-0.3, -0.25) is 4.79 Å². The topological polar surface area (TPSA) is 55.1 Å². The molecule has 0 amide bonds. The zero-order chi connectivity index (χ0) is 14.3. The van der Waals surface area contributed by atoms with Crippen LogP contribution in [-0.2, 0) is 0 Å². The van der Waals surface area contributed by atoms with E-state index in [0.29, 0.717) is 12.0 Å². The lowest BCUT2D eigenvalue weighted by Gasteiger charge is -2.16. The van der Waals surface area contributed by atoms with Gasteiger partial charge in [-0.15, -0.1) is 11.3 Å². The molecule has 1 aromatic rings. The van der Waals surface area contributed by atoms with Gasteiger partial charge >= 0.3 is 0 Å². The summed E-state index contributed by atoms with van der Waals surface area (Å²) in [4.78, 5) is 13.2. The van der Waals surface area contributed by atoms with Gasteiger partial charge in [-0.2, -0.15) is 0 Å². The summed E-state index contributed by atoms with van der Waals surface area (Å²) in [5.41, 5.74) is 8.34. The number of carbonyl (C=O) groups is 1. The van der Waals surface area contributed by atoms with Gasteiger partial charge in [-0.05, 0) is 44.4 Å². The zero-order valence-corrected chi connectivity index (χ0v) is 13.2. The minimum Gasteiger partial charge on any atom is -0.397 e. The van der Waals surface area contributed by atoms with Gasteiger partial charge in [-0.25, -0.2) is 0 Å². The van der Waals surface area contributed by atoms with Crippen molar-refractivity contribution in [2.24, 2.45) is 5.92 Å². The molecule has 0 atom stereocenters. The van der Waals surface area contributed by atoms with E-state index in [0.717, 1.165) is 36.2 Å². The van der Waals surface area contributed by atoms with Gasteiger partial charge < -0.3 is 11.1 Å². The number of nitrogens with one attached hydrogen (secondary N) is 1. The summed E-state index contributed by atoms with van der Waals surface area (Å²) in [5.74, 6) is 1.12. The highest BCUT2D eigenvalue weighted by Crippen LogP contribution is 2.52. The number of ketones is 1. The molecule has 0 spiro atoms. The van der Waals surface area contributed by atoms with Crippen molar-refractivity contribution < 1.29 is 4.79 Å². The van der Waals surface area contributed by atoms with Crippen LogP contribution in [0.4, 0.5) is 10.7 Å². The molecule has 3 rings (SSSR count). The molecule has 2 aliphatic rings. The van der Waals surface area contributed by atoms with E-state index in [4.69, 9.17) is 5.73 Å². The molecule has 0 bridgehead atoms. The molecule has 1 aromatic heterocycles. The van der Waals surface area contributed by atoms with Crippen molar-refractivity contribution in [1.29, 1.82) is 0 Å². The van der Waals surface area contributed by atoms with Crippen molar-refractivity contribution in [2.75, 3.05) is 11.1 Å². The Morgan fingerprint density at radius 1 is 1.30 bits per heavy atom. The first-order valence-corrected chi connectivity index (χ1v) is 8.70. The lowest BCUT2D eigenvalue weighted by molar-refractivity contribution is 0.0972. The van der Waals surface area contributed by atoms with Crippen molar-refractivity contribution in [3.8, 4) is 0 Å². The van der Waals surface area contributed by atoms with Gasteiger partial charge in [0.25, 0.3) is 0 Å². The van der Waals surface area contributed by atoms with Crippen molar-refractivity contribution in [2.45, 2.75) is 64.3 Å². The third-order valence-electron chi connectivity index (χ3n) is 4.46. The summed E-state index contributed by atoms with van der Waals surface area (Å²) in [7, 11) is 0. The second-order valence-corrected chi connectivity index (χ2v) is 7.18. The number of hydrogen-bond donors (Lipinski definition) is 2. The third kappa shape index (κ3) is 2.58. The van der Waals surface area contributed by atoms with Gasteiger partial charge in [0.05, 0.1) is 15.6 Å². The highest BCUT2D eigenvalue weighted by atomic mass is 32.1. The summed E-state index contributed by atoms with van der Waals surface area (Å²) in [6.07, 6.45) is 6.73. The summed E-state index contributed by atoms with van der Waals surface area (Å²) in [6, 6.07) is 0.481. The molecule has 2 saturated carbocycles. The molecule has 0 aliphatic heterocycles. The number of carbonyl (C=O) groups excluding carboxylic acids is 1. The maximum atomic E-state index is 12.4. The summed E-state index contributed by atoms with van der Waals surface area (Å²) in [6.45, 7) is 4.40. The molecule has 2 aliphatic carbocycles. The van der Waals surface area contributed by atoms with Gasteiger partial charge in [-0.1, -0.05) is 13.8 Å². The van der Waals surface area contributed by atoms with Crippen LogP contribution in [0.3, 0.4) is 0 Å². The first kappa shape index (κ1) is 13.9.